The number of carboxylic acid groups (broad SMARTS) is 1. The lowest BCUT2D eigenvalue weighted by Crippen LogP contribution is -2.02. The molecule has 0 unspecified atom stereocenters. The first-order valence-corrected chi connectivity index (χ1v) is 5.25. The van der Waals surface area contributed by atoms with Gasteiger partial charge >= 0.3 is 5.97 Å². The normalized spacial score (nSPS) is 17.4. The van der Waals surface area contributed by atoms with Gasteiger partial charge < -0.3 is 5.11 Å². The predicted octanol–water partition coefficient (Wildman–Crippen LogP) is 1.99. The molecule has 82 valence electrons. The van der Waals surface area contributed by atoms with Crippen LogP contribution in [-0.2, 0) is 14.6 Å². The van der Waals surface area contributed by atoms with Crippen molar-refractivity contribution in [1.82, 2.24) is 0 Å². The highest BCUT2D eigenvalue weighted by Gasteiger charge is 2.15. The summed E-state index contributed by atoms with van der Waals surface area (Å²) in [6.45, 7) is 1.43. The molecule has 0 aromatic rings. The van der Waals surface area contributed by atoms with Crippen molar-refractivity contribution in [2.24, 2.45) is 5.92 Å². The lowest BCUT2D eigenvalue weighted by molar-refractivity contribution is -0.248. The Morgan fingerprint density at radius 2 is 1.79 bits per heavy atom. The minimum atomic E-state index is -0.692. The third-order valence-corrected chi connectivity index (χ3v) is 2.44. The Morgan fingerprint density at radius 1 is 1.14 bits per heavy atom. The van der Waals surface area contributed by atoms with Crippen LogP contribution in [0.5, 0.6) is 0 Å². The molecule has 0 atom stereocenters. The average Bonchev–Trinajstić information content (AvgIpc) is 2.63. The lowest BCUT2D eigenvalue weighted by Gasteiger charge is -2.04. The highest BCUT2D eigenvalue weighted by atomic mass is 17.2. The Bertz CT molecular complexity index is 164. The van der Waals surface area contributed by atoms with E-state index in [1.165, 1.54) is 0 Å². The Balaban J connectivity index is 1.82. The summed E-state index contributed by atoms with van der Waals surface area (Å²) in [7, 11) is 0. The molecular weight excluding hydrogens is 184 g/mol. The molecule has 0 bridgehead atoms. The summed E-state index contributed by atoms with van der Waals surface area (Å²) >= 11 is 0. The van der Waals surface area contributed by atoms with E-state index in [0.29, 0.717) is 12.3 Å². The van der Waals surface area contributed by atoms with Crippen LogP contribution in [-0.4, -0.2) is 24.3 Å². The van der Waals surface area contributed by atoms with Crippen LogP contribution in [0.25, 0.3) is 0 Å². The van der Waals surface area contributed by atoms with Crippen LogP contribution in [0.3, 0.4) is 0 Å². The number of carboxylic acids is 1. The zero-order valence-electron chi connectivity index (χ0n) is 8.41. The van der Waals surface area contributed by atoms with E-state index in [1.807, 2.05) is 0 Å². The fourth-order valence-electron chi connectivity index (χ4n) is 1.57. The zero-order valence-corrected chi connectivity index (χ0v) is 8.41. The number of carbonyl (C=O) groups is 1. The van der Waals surface area contributed by atoms with Crippen molar-refractivity contribution >= 4 is 5.97 Å². The molecule has 4 heteroatoms. The molecule has 0 radical (unpaired) electrons. The Labute approximate surface area is 84.1 Å². The largest absolute Gasteiger partial charge is 0.481 e. The van der Waals surface area contributed by atoms with Crippen molar-refractivity contribution in [2.75, 3.05) is 13.2 Å². The van der Waals surface area contributed by atoms with Crippen LogP contribution < -0.4 is 0 Å². The second kappa shape index (κ2) is 6.79. The van der Waals surface area contributed by atoms with Gasteiger partial charge in [-0.15, -0.1) is 0 Å². The Hall–Kier alpha value is -0.610. The summed E-state index contributed by atoms with van der Waals surface area (Å²) in [6.07, 6.45) is 5.51. The number of rotatable bonds is 7. The maximum absolute atomic E-state index is 10.2. The van der Waals surface area contributed by atoms with Crippen molar-refractivity contribution in [2.45, 2.75) is 38.5 Å². The Kier molecular flexibility index (Phi) is 5.56. The molecule has 14 heavy (non-hydrogen) atoms. The fraction of sp³-hybridized carbons (Fsp3) is 0.900. The third kappa shape index (κ3) is 5.19. The SMILES string of the molecule is O=C(O)CCCCCCC1COOC1. The summed E-state index contributed by atoms with van der Waals surface area (Å²) < 4.78 is 0. The van der Waals surface area contributed by atoms with E-state index in [4.69, 9.17) is 14.9 Å². The van der Waals surface area contributed by atoms with E-state index in [2.05, 4.69) is 0 Å². The fourth-order valence-corrected chi connectivity index (χ4v) is 1.57. The maximum Gasteiger partial charge on any atom is 0.303 e. The number of aliphatic carboxylic acids is 1. The molecule has 1 aliphatic rings. The molecule has 1 heterocycles. The van der Waals surface area contributed by atoms with Crippen LogP contribution in [0, 0.1) is 5.92 Å². The van der Waals surface area contributed by atoms with Gasteiger partial charge in [0.2, 0.25) is 0 Å². The van der Waals surface area contributed by atoms with Crippen LogP contribution in [0.1, 0.15) is 38.5 Å². The molecule has 1 fully saturated rings. The van der Waals surface area contributed by atoms with Gasteiger partial charge in [-0.05, 0) is 12.8 Å². The van der Waals surface area contributed by atoms with Gasteiger partial charge in [-0.25, -0.2) is 9.78 Å². The predicted molar refractivity (Wildman–Crippen MR) is 50.7 cm³/mol. The molecule has 1 N–H and O–H groups in total. The molecule has 1 saturated heterocycles. The quantitative estimate of drug-likeness (QED) is 0.506. The highest BCUT2D eigenvalue weighted by molar-refractivity contribution is 5.66. The van der Waals surface area contributed by atoms with Crippen molar-refractivity contribution < 1.29 is 19.7 Å². The first-order valence-electron chi connectivity index (χ1n) is 5.25. The highest BCUT2D eigenvalue weighted by Crippen LogP contribution is 2.16. The van der Waals surface area contributed by atoms with Gasteiger partial charge in [0.05, 0.1) is 13.2 Å². The molecule has 0 aliphatic carbocycles. The van der Waals surface area contributed by atoms with Crippen LogP contribution in [0.2, 0.25) is 0 Å². The summed E-state index contributed by atoms with van der Waals surface area (Å²) in [4.78, 5) is 19.8. The molecule has 0 aromatic heterocycles. The molecule has 0 spiro atoms. The van der Waals surface area contributed by atoms with E-state index in [-0.39, 0.29) is 0 Å². The second-order valence-corrected chi connectivity index (χ2v) is 3.78. The van der Waals surface area contributed by atoms with Gasteiger partial charge in [0, 0.05) is 12.3 Å². The van der Waals surface area contributed by atoms with Gasteiger partial charge in [0.15, 0.2) is 0 Å². The van der Waals surface area contributed by atoms with E-state index < -0.39 is 5.97 Å². The summed E-state index contributed by atoms with van der Waals surface area (Å²) in [5.74, 6) is -0.142. The average molecular weight is 202 g/mol. The minimum Gasteiger partial charge on any atom is -0.481 e. The van der Waals surface area contributed by atoms with Gasteiger partial charge in [-0.3, -0.25) is 4.79 Å². The topological polar surface area (TPSA) is 55.8 Å². The first-order chi connectivity index (χ1) is 6.79. The molecule has 0 aromatic carbocycles. The lowest BCUT2D eigenvalue weighted by atomic mass is 10.0. The summed E-state index contributed by atoms with van der Waals surface area (Å²) in [5, 5.41) is 8.41. The summed E-state index contributed by atoms with van der Waals surface area (Å²) in [6, 6.07) is 0. The number of unbranched alkanes of at least 4 members (excludes halogenated alkanes) is 3. The molecular formula is C10H18O4. The van der Waals surface area contributed by atoms with E-state index in [0.717, 1.165) is 45.3 Å². The molecule has 1 aliphatic heterocycles. The standard InChI is InChI=1S/C10H18O4/c11-10(12)6-4-2-1-3-5-9-7-13-14-8-9/h9H,1-8H2,(H,11,12). The van der Waals surface area contributed by atoms with Crippen molar-refractivity contribution in [3.8, 4) is 0 Å². The van der Waals surface area contributed by atoms with Gasteiger partial charge in [0.25, 0.3) is 0 Å². The van der Waals surface area contributed by atoms with Crippen LogP contribution in [0.15, 0.2) is 0 Å². The van der Waals surface area contributed by atoms with Gasteiger partial charge in [-0.2, -0.15) is 0 Å². The van der Waals surface area contributed by atoms with Crippen LogP contribution in [0.4, 0.5) is 0 Å². The third-order valence-electron chi connectivity index (χ3n) is 2.44. The van der Waals surface area contributed by atoms with E-state index in [9.17, 15) is 4.79 Å². The maximum atomic E-state index is 10.2. The molecule has 0 saturated carbocycles. The zero-order chi connectivity index (χ0) is 10.2. The number of hydrogen-bond donors (Lipinski definition) is 1. The van der Waals surface area contributed by atoms with Crippen molar-refractivity contribution in [1.29, 1.82) is 0 Å². The van der Waals surface area contributed by atoms with E-state index >= 15 is 0 Å². The monoisotopic (exact) mass is 202 g/mol. The second-order valence-electron chi connectivity index (χ2n) is 3.78. The summed E-state index contributed by atoms with van der Waals surface area (Å²) in [5.41, 5.74) is 0. The first kappa shape index (κ1) is 11.5. The van der Waals surface area contributed by atoms with Gasteiger partial charge in [-0.1, -0.05) is 19.3 Å². The smallest absolute Gasteiger partial charge is 0.303 e. The van der Waals surface area contributed by atoms with E-state index in [1.54, 1.807) is 0 Å². The minimum absolute atomic E-state index is 0.301. The molecule has 1 rings (SSSR count). The van der Waals surface area contributed by atoms with Crippen molar-refractivity contribution in [3.05, 3.63) is 0 Å². The van der Waals surface area contributed by atoms with Crippen molar-refractivity contribution in [3.63, 3.8) is 0 Å². The van der Waals surface area contributed by atoms with Crippen LogP contribution >= 0.6 is 0 Å². The van der Waals surface area contributed by atoms with Gasteiger partial charge in [0.1, 0.15) is 0 Å². The number of hydrogen-bond acceptors (Lipinski definition) is 3. The molecule has 0 amide bonds. The molecule has 4 nitrogen and oxygen atoms in total. The Morgan fingerprint density at radius 3 is 2.43 bits per heavy atom.